The highest BCUT2D eigenvalue weighted by molar-refractivity contribution is 7.47. The highest BCUT2D eigenvalue weighted by atomic mass is 31.2. The topological polar surface area (TPSA) is 237 Å². The van der Waals surface area contributed by atoms with Crippen LogP contribution in [0.4, 0.5) is 0 Å². The second kappa shape index (κ2) is 52.4. The van der Waals surface area contributed by atoms with Gasteiger partial charge in [0.05, 0.1) is 26.4 Å². The predicted octanol–water partition coefficient (Wildman–Crippen LogP) is 15.2. The molecular formula is C57H110O17P2. The number of aliphatic hydroxyl groups is 1. The van der Waals surface area contributed by atoms with Crippen molar-refractivity contribution in [3.8, 4) is 0 Å². The van der Waals surface area contributed by atoms with Crippen LogP contribution >= 0.6 is 15.6 Å². The average Bonchev–Trinajstić information content (AvgIpc) is 3.39. The molecule has 0 fully saturated rings. The minimum atomic E-state index is -4.93. The first-order chi connectivity index (χ1) is 36.7. The molecule has 0 spiro atoms. The van der Waals surface area contributed by atoms with E-state index in [4.69, 9.17) is 37.0 Å². The fourth-order valence-corrected chi connectivity index (χ4v) is 9.98. The van der Waals surface area contributed by atoms with E-state index in [1.165, 1.54) is 96.3 Å². The van der Waals surface area contributed by atoms with Crippen LogP contribution in [0.3, 0.4) is 0 Å². The van der Waals surface area contributed by atoms with E-state index in [1.807, 2.05) is 0 Å². The number of rotatable bonds is 58. The predicted molar refractivity (Wildman–Crippen MR) is 299 cm³/mol. The quantitative estimate of drug-likeness (QED) is 0.0222. The third-order valence-electron chi connectivity index (χ3n) is 13.1. The van der Waals surface area contributed by atoms with Crippen molar-refractivity contribution in [2.24, 2.45) is 0 Å². The van der Waals surface area contributed by atoms with E-state index >= 15 is 0 Å². The molecule has 76 heavy (non-hydrogen) atoms. The summed E-state index contributed by atoms with van der Waals surface area (Å²) in [6.45, 7) is 4.76. The molecule has 5 atom stereocenters. The zero-order chi connectivity index (χ0) is 56.2. The Kier molecular flexibility index (Phi) is 51.1. The first-order valence-electron chi connectivity index (χ1n) is 30.3. The summed E-state index contributed by atoms with van der Waals surface area (Å²) in [6, 6.07) is 0. The van der Waals surface area contributed by atoms with Crippen LogP contribution < -0.4 is 0 Å². The molecule has 0 aromatic rings. The number of aliphatic hydroxyl groups excluding tert-OH is 1. The summed E-state index contributed by atoms with van der Waals surface area (Å²) in [5, 5.41) is 10.5. The number of carbonyl (C=O) groups excluding carboxylic acids is 4. The molecule has 3 N–H and O–H groups in total. The maximum absolute atomic E-state index is 12.9. The zero-order valence-electron chi connectivity index (χ0n) is 48.2. The standard InChI is InChI=1S/C57H110O17P2/c1-5-9-13-17-21-24-26-28-31-34-38-42-55(60)68-48-53(73-56(61)43-39-35-30-23-19-15-11-7-3)50-72-76(65,66)70-46-51(58)45-69-75(63,64)71-49-52(47-67-54(59)41-37-33-29-20-16-12-8-4)74-57(62)44-40-36-32-27-25-22-18-14-10-6-2/h51-53,58H,5-50H2,1-4H3,(H,63,64)(H,65,66)/t51-,52+,53+/m0/s1. The minimum absolute atomic E-state index is 0.105. The Balaban J connectivity index is 5.18. The van der Waals surface area contributed by atoms with Crippen molar-refractivity contribution in [2.45, 2.75) is 303 Å². The second-order valence-electron chi connectivity index (χ2n) is 20.7. The van der Waals surface area contributed by atoms with Gasteiger partial charge < -0.3 is 33.8 Å². The minimum Gasteiger partial charge on any atom is -0.462 e. The van der Waals surface area contributed by atoms with Crippen molar-refractivity contribution in [3.05, 3.63) is 0 Å². The van der Waals surface area contributed by atoms with Gasteiger partial charge in [-0.3, -0.25) is 37.3 Å². The summed E-state index contributed by atoms with van der Waals surface area (Å²) in [7, 11) is -9.86. The van der Waals surface area contributed by atoms with Crippen LogP contribution in [0, 0.1) is 0 Å². The molecular weight excluding hydrogens is 1020 g/mol. The van der Waals surface area contributed by atoms with Crippen molar-refractivity contribution in [3.63, 3.8) is 0 Å². The number of unbranched alkanes of at least 4 members (excludes halogenated alkanes) is 32. The van der Waals surface area contributed by atoms with Crippen LogP contribution in [0.15, 0.2) is 0 Å². The van der Waals surface area contributed by atoms with Gasteiger partial charge in [-0.15, -0.1) is 0 Å². The lowest BCUT2D eigenvalue weighted by atomic mass is 10.1. The zero-order valence-corrected chi connectivity index (χ0v) is 50.0. The Morgan fingerprint density at radius 1 is 0.316 bits per heavy atom. The molecule has 0 saturated heterocycles. The molecule has 0 aliphatic heterocycles. The van der Waals surface area contributed by atoms with Gasteiger partial charge >= 0.3 is 39.5 Å². The molecule has 0 bridgehead atoms. The van der Waals surface area contributed by atoms with E-state index in [0.29, 0.717) is 25.7 Å². The number of hydrogen-bond acceptors (Lipinski definition) is 15. The van der Waals surface area contributed by atoms with Crippen molar-refractivity contribution in [2.75, 3.05) is 39.6 Å². The lowest BCUT2D eigenvalue weighted by Gasteiger charge is -2.21. The van der Waals surface area contributed by atoms with E-state index in [0.717, 1.165) is 109 Å². The van der Waals surface area contributed by atoms with Crippen LogP contribution in [0.2, 0.25) is 0 Å². The number of carbonyl (C=O) groups is 4. The first kappa shape index (κ1) is 74.1. The number of phosphoric acid groups is 2. The lowest BCUT2D eigenvalue weighted by Crippen LogP contribution is -2.30. The number of phosphoric ester groups is 2. The Bertz CT molecular complexity index is 1490. The average molecular weight is 1130 g/mol. The molecule has 0 amide bonds. The van der Waals surface area contributed by atoms with Gasteiger partial charge in [0, 0.05) is 25.7 Å². The van der Waals surface area contributed by atoms with E-state index in [-0.39, 0.29) is 25.7 Å². The highest BCUT2D eigenvalue weighted by Gasteiger charge is 2.30. The van der Waals surface area contributed by atoms with Crippen LogP contribution in [-0.2, 0) is 65.4 Å². The molecule has 0 saturated carbocycles. The molecule has 2 unspecified atom stereocenters. The normalized spacial score (nSPS) is 14.4. The summed E-state index contributed by atoms with van der Waals surface area (Å²) in [5.74, 6) is -2.15. The maximum atomic E-state index is 12.9. The third-order valence-corrected chi connectivity index (χ3v) is 15.0. The Labute approximate surface area is 460 Å². The van der Waals surface area contributed by atoms with Gasteiger partial charge in [0.2, 0.25) is 0 Å². The van der Waals surface area contributed by atoms with E-state index in [1.54, 1.807) is 0 Å². The van der Waals surface area contributed by atoms with Crippen LogP contribution in [0.1, 0.15) is 285 Å². The number of ether oxygens (including phenoxy) is 4. The molecule has 0 heterocycles. The third kappa shape index (κ3) is 51.5. The summed E-state index contributed by atoms with van der Waals surface area (Å²) in [4.78, 5) is 71.6. The Morgan fingerprint density at radius 2 is 0.526 bits per heavy atom. The van der Waals surface area contributed by atoms with Gasteiger partial charge in [-0.1, -0.05) is 233 Å². The fourth-order valence-electron chi connectivity index (χ4n) is 8.40. The summed E-state index contributed by atoms with van der Waals surface area (Å²) >= 11 is 0. The van der Waals surface area contributed by atoms with Crippen LogP contribution in [0.5, 0.6) is 0 Å². The van der Waals surface area contributed by atoms with Gasteiger partial charge in [0.25, 0.3) is 0 Å². The largest absolute Gasteiger partial charge is 0.472 e. The SMILES string of the molecule is CCCCCCCCCCCCCC(=O)OC[C@H](COP(=O)(O)OC[C@@H](O)COP(=O)(O)OC[C@@H](COC(=O)CCCCCCCCC)OC(=O)CCCCCCCCCCCC)OC(=O)CCCCCCCCCC. The lowest BCUT2D eigenvalue weighted by molar-refractivity contribution is -0.161. The molecule has 0 aromatic heterocycles. The highest BCUT2D eigenvalue weighted by Crippen LogP contribution is 2.45. The Hall–Kier alpha value is -1.94. The molecule has 0 aliphatic rings. The van der Waals surface area contributed by atoms with E-state index < -0.39 is 97.5 Å². The molecule has 17 nitrogen and oxygen atoms in total. The number of esters is 4. The van der Waals surface area contributed by atoms with Gasteiger partial charge in [0.15, 0.2) is 12.2 Å². The maximum Gasteiger partial charge on any atom is 0.472 e. The van der Waals surface area contributed by atoms with Crippen molar-refractivity contribution in [1.82, 2.24) is 0 Å². The first-order valence-corrected chi connectivity index (χ1v) is 33.3. The fraction of sp³-hybridized carbons (Fsp3) is 0.930. The van der Waals surface area contributed by atoms with E-state index in [2.05, 4.69) is 27.7 Å². The second-order valence-corrected chi connectivity index (χ2v) is 23.6. The molecule has 450 valence electrons. The summed E-state index contributed by atoms with van der Waals surface area (Å²) in [6.07, 6.45) is 34.9. The molecule has 19 heteroatoms. The molecule has 0 aliphatic carbocycles. The van der Waals surface area contributed by atoms with Gasteiger partial charge in [-0.25, -0.2) is 9.13 Å². The monoisotopic (exact) mass is 1130 g/mol. The van der Waals surface area contributed by atoms with Crippen molar-refractivity contribution in [1.29, 1.82) is 0 Å². The van der Waals surface area contributed by atoms with Crippen molar-refractivity contribution < 1.29 is 80.2 Å². The van der Waals surface area contributed by atoms with Crippen LogP contribution in [-0.4, -0.2) is 96.7 Å². The van der Waals surface area contributed by atoms with Crippen LogP contribution in [0.25, 0.3) is 0 Å². The molecule has 0 rings (SSSR count). The van der Waals surface area contributed by atoms with Gasteiger partial charge in [-0.2, -0.15) is 0 Å². The smallest absolute Gasteiger partial charge is 0.462 e. The van der Waals surface area contributed by atoms with E-state index in [9.17, 15) is 43.2 Å². The van der Waals surface area contributed by atoms with Gasteiger partial charge in [-0.05, 0) is 25.7 Å². The molecule has 0 aromatic carbocycles. The van der Waals surface area contributed by atoms with Gasteiger partial charge in [0.1, 0.15) is 19.3 Å². The summed E-state index contributed by atoms with van der Waals surface area (Å²) in [5.41, 5.74) is 0. The Morgan fingerprint density at radius 3 is 0.776 bits per heavy atom. The molecule has 0 radical (unpaired) electrons. The van der Waals surface area contributed by atoms with Crippen molar-refractivity contribution >= 4 is 39.5 Å². The summed E-state index contributed by atoms with van der Waals surface area (Å²) < 4.78 is 67.5. The number of hydrogen-bond donors (Lipinski definition) is 3.